The van der Waals surface area contributed by atoms with Crippen molar-refractivity contribution < 1.29 is 0 Å². The molecule has 0 saturated carbocycles. The minimum atomic E-state index is 1.25. The lowest BCUT2D eigenvalue weighted by molar-refractivity contribution is 1.45. The molecule has 0 saturated heterocycles. The van der Waals surface area contributed by atoms with Crippen molar-refractivity contribution in [3.8, 4) is 33.4 Å². The summed E-state index contributed by atoms with van der Waals surface area (Å²) in [5.74, 6) is 0. The second-order valence-corrected chi connectivity index (χ2v) is 6.31. The first kappa shape index (κ1) is 15.4. The number of hydrogen-bond acceptors (Lipinski definition) is 0. The van der Waals surface area contributed by atoms with Gasteiger partial charge < -0.3 is 0 Å². The lowest BCUT2D eigenvalue weighted by Gasteiger charge is -2.14. The maximum atomic E-state index is 2.30. The van der Waals surface area contributed by atoms with Gasteiger partial charge in [-0.2, -0.15) is 0 Å². The average Bonchev–Trinajstić information content (AvgIpc) is 2.69. The van der Waals surface area contributed by atoms with Gasteiger partial charge in [-0.3, -0.25) is 0 Å². The Bertz CT molecular complexity index is 983. The van der Waals surface area contributed by atoms with Gasteiger partial charge in [0.25, 0.3) is 0 Å². The number of benzene rings is 4. The largest absolute Gasteiger partial charge is 0.0622 e. The summed E-state index contributed by atoms with van der Waals surface area (Å²) in [6.07, 6.45) is 0. The summed E-state index contributed by atoms with van der Waals surface area (Å²) >= 11 is 0. The van der Waals surface area contributed by atoms with Gasteiger partial charge in [0.15, 0.2) is 0 Å². The van der Waals surface area contributed by atoms with E-state index in [-0.39, 0.29) is 0 Å². The van der Waals surface area contributed by atoms with E-state index in [2.05, 4.69) is 110 Å². The van der Waals surface area contributed by atoms with Crippen LogP contribution in [0, 0.1) is 6.92 Å². The Morgan fingerprint density at radius 2 is 1.00 bits per heavy atom. The topological polar surface area (TPSA) is 0 Å². The van der Waals surface area contributed by atoms with Gasteiger partial charge in [0.1, 0.15) is 0 Å². The highest BCUT2D eigenvalue weighted by atomic mass is 14.1. The fourth-order valence-corrected chi connectivity index (χ4v) is 3.39. The molecule has 0 spiro atoms. The van der Waals surface area contributed by atoms with Crippen LogP contribution in [0.1, 0.15) is 5.56 Å². The third-order valence-electron chi connectivity index (χ3n) is 4.62. The molecular formula is C25H20. The fourth-order valence-electron chi connectivity index (χ4n) is 3.39. The Balaban J connectivity index is 1.89. The molecule has 4 aromatic rings. The number of aryl methyl sites for hydroxylation is 1. The van der Waals surface area contributed by atoms with Gasteiger partial charge in [0.2, 0.25) is 0 Å². The molecule has 0 nitrogen and oxygen atoms in total. The molecule has 0 fully saturated rings. The zero-order chi connectivity index (χ0) is 17.1. The molecule has 0 heterocycles. The molecule has 0 unspecified atom stereocenters. The van der Waals surface area contributed by atoms with Crippen molar-refractivity contribution in [2.45, 2.75) is 6.92 Å². The van der Waals surface area contributed by atoms with Crippen LogP contribution in [0.3, 0.4) is 0 Å². The van der Waals surface area contributed by atoms with Crippen LogP contribution in [0.5, 0.6) is 0 Å². The predicted molar refractivity (Wildman–Crippen MR) is 107 cm³/mol. The monoisotopic (exact) mass is 320 g/mol. The van der Waals surface area contributed by atoms with Crippen molar-refractivity contribution in [2.24, 2.45) is 0 Å². The smallest absolute Gasteiger partial charge is 0.00759 e. The normalized spacial score (nSPS) is 10.6. The molecule has 25 heavy (non-hydrogen) atoms. The fraction of sp³-hybridized carbons (Fsp3) is 0.0400. The highest BCUT2D eigenvalue weighted by Gasteiger charge is 2.10. The molecule has 0 aliphatic rings. The molecule has 0 aliphatic carbocycles. The van der Waals surface area contributed by atoms with E-state index in [0.29, 0.717) is 0 Å². The standard InChI is InChI=1S/C25H20/c1-19-10-8-17-24(21-13-6-3-7-14-21)25(19)23-16-9-15-22(18-23)20-11-4-2-5-12-20/h2-18H,1H3. The summed E-state index contributed by atoms with van der Waals surface area (Å²) in [6, 6.07) is 36.6. The molecule has 0 radical (unpaired) electrons. The lowest BCUT2D eigenvalue weighted by atomic mass is 9.89. The van der Waals surface area contributed by atoms with Crippen LogP contribution in [0.2, 0.25) is 0 Å². The van der Waals surface area contributed by atoms with E-state index < -0.39 is 0 Å². The van der Waals surface area contributed by atoms with E-state index in [0.717, 1.165) is 0 Å². The van der Waals surface area contributed by atoms with Gasteiger partial charge in [0.05, 0.1) is 0 Å². The molecular weight excluding hydrogens is 300 g/mol. The average molecular weight is 320 g/mol. The second-order valence-electron chi connectivity index (χ2n) is 6.31. The van der Waals surface area contributed by atoms with E-state index in [4.69, 9.17) is 0 Å². The molecule has 0 N–H and O–H groups in total. The van der Waals surface area contributed by atoms with Crippen LogP contribution in [0.25, 0.3) is 33.4 Å². The van der Waals surface area contributed by atoms with Crippen LogP contribution in [0.15, 0.2) is 103 Å². The predicted octanol–water partition coefficient (Wildman–Crippen LogP) is 7.00. The van der Waals surface area contributed by atoms with Crippen molar-refractivity contribution in [2.75, 3.05) is 0 Å². The van der Waals surface area contributed by atoms with Crippen molar-refractivity contribution in [3.05, 3.63) is 109 Å². The first-order chi connectivity index (χ1) is 12.3. The molecule has 0 heteroatoms. The van der Waals surface area contributed by atoms with Gasteiger partial charge in [-0.15, -0.1) is 0 Å². The van der Waals surface area contributed by atoms with Gasteiger partial charge in [-0.1, -0.05) is 97.1 Å². The van der Waals surface area contributed by atoms with E-state index in [1.54, 1.807) is 0 Å². The summed E-state index contributed by atoms with van der Waals surface area (Å²) < 4.78 is 0. The van der Waals surface area contributed by atoms with Crippen LogP contribution in [-0.2, 0) is 0 Å². The Morgan fingerprint density at radius 3 is 1.72 bits per heavy atom. The first-order valence-electron chi connectivity index (χ1n) is 8.64. The summed E-state index contributed by atoms with van der Waals surface area (Å²) in [4.78, 5) is 0. The molecule has 0 amide bonds. The third-order valence-corrected chi connectivity index (χ3v) is 4.62. The molecule has 120 valence electrons. The summed E-state index contributed by atoms with van der Waals surface area (Å²) in [5, 5.41) is 0. The summed E-state index contributed by atoms with van der Waals surface area (Å²) in [5.41, 5.74) is 8.91. The molecule has 4 aromatic carbocycles. The Kier molecular flexibility index (Phi) is 4.18. The van der Waals surface area contributed by atoms with E-state index in [1.807, 2.05) is 0 Å². The second kappa shape index (κ2) is 6.78. The van der Waals surface area contributed by atoms with E-state index in [1.165, 1.54) is 38.9 Å². The van der Waals surface area contributed by atoms with E-state index in [9.17, 15) is 0 Å². The molecule has 0 bridgehead atoms. The molecule has 0 aliphatic heterocycles. The Hall–Kier alpha value is -3.12. The van der Waals surface area contributed by atoms with Gasteiger partial charge in [-0.25, -0.2) is 0 Å². The van der Waals surface area contributed by atoms with Crippen LogP contribution < -0.4 is 0 Å². The molecule has 0 aromatic heterocycles. The van der Waals surface area contributed by atoms with Crippen LogP contribution >= 0.6 is 0 Å². The quantitative estimate of drug-likeness (QED) is 0.381. The summed E-state index contributed by atoms with van der Waals surface area (Å²) in [7, 11) is 0. The van der Waals surface area contributed by atoms with Gasteiger partial charge in [0, 0.05) is 0 Å². The van der Waals surface area contributed by atoms with Gasteiger partial charge >= 0.3 is 0 Å². The zero-order valence-electron chi connectivity index (χ0n) is 14.3. The highest BCUT2D eigenvalue weighted by molar-refractivity contribution is 5.87. The molecule has 0 atom stereocenters. The minimum absolute atomic E-state index is 1.25. The van der Waals surface area contributed by atoms with Gasteiger partial charge in [-0.05, 0) is 51.9 Å². The van der Waals surface area contributed by atoms with Crippen molar-refractivity contribution in [1.82, 2.24) is 0 Å². The Labute approximate surface area is 149 Å². The summed E-state index contributed by atoms with van der Waals surface area (Å²) in [6.45, 7) is 2.19. The molecule has 4 rings (SSSR count). The third kappa shape index (κ3) is 3.12. The van der Waals surface area contributed by atoms with E-state index >= 15 is 0 Å². The minimum Gasteiger partial charge on any atom is -0.0622 e. The van der Waals surface area contributed by atoms with Crippen molar-refractivity contribution >= 4 is 0 Å². The Morgan fingerprint density at radius 1 is 0.440 bits per heavy atom. The van der Waals surface area contributed by atoms with Crippen LogP contribution in [-0.4, -0.2) is 0 Å². The first-order valence-corrected chi connectivity index (χ1v) is 8.64. The van der Waals surface area contributed by atoms with Crippen molar-refractivity contribution in [1.29, 1.82) is 0 Å². The highest BCUT2D eigenvalue weighted by Crippen LogP contribution is 2.36. The zero-order valence-corrected chi connectivity index (χ0v) is 14.3. The number of hydrogen-bond donors (Lipinski definition) is 0. The van der Waals surface area contributed by atoms with Crippen LogP contribution in [0.4, 0.5) is 0 Å². The maximum absolute atomic E-state index is 2.30. The van der Waals surface area contributed by atoms with Crippen molar-refractivity contribution in [3.63, 3.8) is 0 Å². The number of rotatable bonds is 3. The SMILES string of the molecule is Cc1cccc(-c2ccccc2)c1-c1cccc(-c2ccccc2)c1. The lowest BCUT2D eigenvalue weighted by Crippen LogP contribution is -1.90. The maximum Gasteiger partial charge on any atom is -0.00759 e.